The molecule has 0 aromatic heterocycles. The SMILES string of the molecule is CN=C(NCc1cccc([N+](=O)[O-])c1)NCc1cccc(C(F)(F)F)c1. The first kappa shape index (κ1) is 19.2. The zero-order valence-electron chi connectivity index (χ0n) is 13.9. The zero-order valence-corrected chi connectivity index (χ0v) is 13.9. The molecule has 0 fully saturated rings. The molecule has 2 aromatic carbocycles. The van der Waals surface area contributed by atoms with Gasteiger partial charge in [-0.3, -0.25) is 15.1 Å². The molecule has 0 saturated heterocycles. The number of rotatable bonds is 5. The minimum atomic E-state index is -4.39. The van der Waals surface area contributed by atoms with E-state index in [0.717, 1.165) is 12.1 Å². The molecular formula is C17H17F3N4O2. The second kappa shape index (κ2) is 8.32. The summed E-state index contributed by atoms with van der Waals surface area (Å²) in [5, 5.41) is 16.6. The molecule has 0 bridgehead atoms. The quantitative estimate of drug-likeness (QED) is 0.367. The van der Waals surface area contributed by atoms with Gasteiger partial charge in [0.25, 0.3) is 5.69 Å². The molecule has 0 heterocycles. The Labute approximate surface area is 147 Å². The second-order valence-corrected chi connectivity index (χ2v) is 5.40. The number of nitrogens with zero attached hydrogens (tertiary/aromatic N) is 2. The average Bonchev–Trinajstić information content (AvgIpc) is 2.61. The molecule has 0 saturated carbocycles. The van der Waals surface area contributed by atoms with Crippen molar-refractivity contribution >= 4 is 11.6 Å². The summed E-state index contributed by atoms with van der Waals surface area (Å²) in [6.07, 6.45) is -4.39. The zero-order chi connectivity index (χ0) is 19.2. The predicted octanol–water partition coefficient (Wildman–Crippen LogP) is 3.48. The van der Waals surface area contributed by atoms with Gasteiger partial charge in [-0.05, 0) is 23.3 Å². The lowest BCUT2D eigenvalue weighted by Gasteiger charge is -2.13. The molecule has 6 nitrogen and oxygen atoms in total. The lowest BCUT2D eigenvalue weighted by atomic mass is 10.1. The Bertz CT molecular complexity index is 807. The minimum absolute atomic E-state index is 0.0174. The number of benzene rings is 2. The van der Waals surface area contributed by atoms with E-state index in [1.807, 2.05) is 0 Å². The highest BCUT2D eigenvalue weighted by Crippen LogP contribution is 2.29. The van der Waals surface area contributed by atoms with E-state index in [0.29, 0.717) is 17.1 Å². The van der Waals surface area contributed by atoms with Crippen molar-refractivity contribution in [3.8, 4) is 0 Å². The third-order valence-corrected chi connectivity index (χ3v) is 3.52. The fraction of sp³-hybridized carbons (Fsp3) is 0.235. The van der Waals surface area contributed by atoms with Crippen molar-refractivity contribution in [3.05, 3.63) is 75.3 Å². The van der Waals surface area contributed by atoms with Crippen LogP contribution in [-0.4, -0.2) is 17.9 Å². The van der Waals surface area contributed by atoms with Crippen LogP contribution in [0.3, 0.4) is 0 Å². The van der Waals surface area contributed by atoms with E-state index in [-0.39, 0.29) is 18.8 Å². The molecule has 2 rings (SSSR count). The number of nitro benzene ring substituents is 1. The van der Waals surface area contributed by atoms with Gasteiger partial charge >= 0.3 is 6.18 Å². The number of hydrogen-bond acceptors (Lipinski definition) is 3. The number of guanidine groups is 1. The average molecular weight is 366 g/mol. The Hall–Kier alpha value is -3.10. The molecule has 0 atom stereocenters. The maximum absolute atomic E-state index is 12.7. The largest absolute Gasteiger partial charge is 0.416 e. The van der Waals surface area contributed by atoms with Gasteiger partial charge in [-0.1, -0.05) is 24.3 Å². The van der Waals surface area contributed by atoms with Crippen LogP contribution >= 0.6 is 0 Å². The third-order valence-electron chi connectivity index (χ3n) is 3.52. The summed E-state index contributed by atoms with van der Waals surface area (Å²) in [7, 11) is 1.52. The molecule has 138 valence electrons. The maximum atomic E-state index is 12.7. The van der Waals surface area contributed by atoms with Gasteiger partial charge in [-0.25, -0.2) is 0 Å². The number of aliphatic imine (C=N–C) groups is 1. The maximum Gasteiger partial charge on any atom is 0.416 e. The first-order chi connectivity index (χ1) is 12.3. The fourth-order valence-electron chi connectivity index (χ4n) is 2.23. The summed E-state index contributed by atoms with van der Waals surface area (Å²) in [5.41, 5.74) is 0.409. The van der Waals surface area contributed by atoms with E-state index in [9.17, 15) is 23.3 Å². The van der Waals surface area contributed by atoms with Crippen LogP contribution < -0.4 is 10.6 Å². The first-order valence-electron chi connectivity index (χ1n) is 7.63. The van der Waals surface area contributed by atoms with Crippen LogP contribution in [0.15, 0.2) is 53.5 Å². The van der Waals surface area contributed by atoms with Crippen molar-refractivity contribution in [1.29, 1.82) is 0 Å². The number of nitro groups is 1. The van der Waals surface area contributed by atoms with E-state index in [1.54, 1.807) is 18.2 Å². The Balaban J connectivity index is 1.94. The van der Waals surface area contributed by atoms with E-state index in [4.69, 9.17) is 0 Å². The standard InChI is InChI=1S/C17H17F3N4O2/c1-21-16(23-11-13-5-3-7-15(9-13)24(25)26)22-10-12-4-2-6-14(8-12)17(18,19)20/h2-9H,10-11H2,1H3,(H2,21,22,23). The Kier molecular flexibility index (Phi) is 6.16. The molecule has 0 aliphatic rings. The van der Waals surface area contributed by atoms with Crippen molar-refractivity contribution in [2.24, 2.45) is 4.99 Å². The van der Waals surface area contributed by atoms with E-state index < -0.39 is 16.7 Å². The highest BCUT2D eigenvalue weighted by atomic mass is 19.4. The molecule has 0 unspecified atom stereocenters. The molecule has 26 heavy (non-hydrogen) atoms. The van der Waals surface area contributed by atoms with Crippen LogP contribution in [0, 0.1) is 10.1 Å². The molecule has 2 aromatic rings. The van der Waals surface area contributed by atoms with E-state index >= 15 is 0 Å². The van der Waals surface area contributed by atoms with Gasteiger partial charge in [-0.15, -0.1) is 0 Å². The van der Waals surface area contributed by atoms with E-state index in [2.05, 4.69) is 15.6 Å². The number of non-ortho nitro benzene ring substituents is 1. The summed E-state index contributed by atoms with van der Waals surface area (Å²) < 4.78 is 38.2. The normalized spacial score (nSPS) is 11.9. The lowest BCUT2D eigenvalue weighted by Crippen LogP contribution is -2.36. The third kappa shape index (κ3) is 5.47. The van der Waals surface area contributed by atoms with Crippen molar-refractivity contribution < 1.29 is 18.1 Å². The van der Waals surface area contributed by atoms with Crippen LogP contribution in [0.4, 0.5) is 18.9 Å². The summed E-state index contributed by atoms with van der Waals surface area (Å²) in [4.78, 5) is 14.3. The first-order valence-corrected chi connectivity index (χ1v) is 7.63. The Morgan fingerprint density at radius 1 is 1.08 bits per heavy atom. The Morgan fingerprint density at radius 3 is 2.19 bits per heavy atom. The van der Waals surface area contributed by atoms with Crippen molar-refractivity contribution in [3.63, 3.8) is 0 Å². The smallest absolute Gasteiger partial charge is 0.352 e. The lowest BCUT2D eigenvalue weighted by molar-refractivity contribution is -0.384. The van der Waals surface area contributed by atoms with Gasteiger partial charge in [0.1, 0.15) is 0 Å². The molecule has 0 radical (unpaired) electrons. The van der Waals surface area contributed by atoms with Crippen LogP contribution in [0.2, 0.25) is 0 Å². The summed E-state index contributed by atoms with van der Waals surface area (Å²) in [5.74, 6) is 0.369. The fourth-order valence-corrected chi connectivity index (χ4v) is 2.23. The van der Waals surface area contributed by atoms with Crippen LogP contribution in [0.5, 0.6) is 0 Å². The number of hydrogen-bond donors (Lipinski definition) is 2. The van der Waals surface area contributed by atoms with Crippen molar-refractivity contribution in [2.45, 2.75) is 19.3 Å². The summed E-state index contributed by atoms with van der Waals surface area (Å²) in [6, 6.07) is 11.1. The molecule has 0 spiro atoms. The van der Waals surface area contributed by atoms with Gasteiger partial charge in [0.2, 0.25) is 0 Å². The molecule has 0 amide bonds. The van der Waals surface area contributed by atoms with Crippen molar-refractivity contribution in [1.82, 2.24) is 10.6 Å². The second-order valence-electron chi connectivity index (χ2n) is 5.40. The highest BCUT2D eigenvalue weighted by molar-refractivity contribution is 5.79. The number of halogens is 3. The molecular weight excluding hydrogens is 349 g/mol. The van der Waals surface area contributed by atoms with Crippen LogP contribution in [0.25, 0.3) is 0 Å². The predicted molar refractivity (Wildman–Crippen MR) is 91.6 cm³/mol. The van der Waals surface area contributed by atoms with Gasteiger partial charge in [0, 0.05) is 32.3 Å². The molecule has 2 N–H and O–H groups in total. The summed E-state index contributed by atoms with van der Waals surface area (Å²) in [6.45, 7) is 0.433. The van der Waals surface area contributed by atoms with Gasteiger partial charge < -0.3 is 10.6 Å². The van der Waals surface area contributed by atoms with E-state index in [1.165, 1.54) is 25.2 Å². The van der Waals surface area contributed by atoms with Gasteiger partial charge in [0.05, 0.1) is 10.5 Å². The minimum Gasteiger partial charge on any atom is -0.352 e. The van der Waals surface area contributed by atoms with Gasteiger partial charge in [0.15, 0.2) is 5.96 Å². The summed E-state index contributed by atoms with van der Waals surface area (Å²) >= 11 is 0. The van der Waals surface area contributed by atoms with Crippen molar-refractivity contribution in [2.75, 3.05) is 7.05 Å². The Morgan fingerprint density at radius 2 is 1.65 bits per heavy atom. The van der Waals surface area contributed by atoms with Crippen LogP contribution in [0.1, 0.15) is 16.7 Å². The van der Waals surface area contributed by atoms with Crippen LogP contribution in [-0.2, 0) is 19.3 Å². The topological polar surface area (TPSA) is 79.6 Å². The molecule has 9 heteroatoms. The monoisotopic (exact) mass is 366 g/mol. The number of alkyl halides is 3. The highest BCUT2D eigenvalue weighted by Gasteiger charge is 2.30. The van der Waals surface area contributed by atoms with Gasteiger partial charge in [-0.2, -0.15) is 13.2 Å². The molecule has 0 aliphatic carbocycles. The molecule has 0 aliphatic heterocycles. The number of nitrogens with one attached hydrogen (secondary N) is 2.